The Morgan fingerprint density at radius 1 is 1.15 bits per heavy atom. The summed E-state index contributed by atoms with van der Waals surface area (Å²) in [6.45, 7) is 5.76. The first-order chi connectivity index (χ1) is 12.6. The molecule has 0 bridgehead atoms. The van der Waals surface area contributed by atoms with Crippen molar-refractivity contribution in [2.75, 3.05) is 18.2 Å². The van der Waals surface area contributed by atoms with E-state index in [0.29, 0.717) is 21.1 Å². The molecule has 0 spiro atoms. The van der Waals surface area contributed by atoms with Gasteiger partial charge in [-0.1, -0.05) is 23.5 Å². The summed E-state index contributed by atoms with van der Waals surface area (Å²) in [4.78, 5) is 16.8. The maximum atomic E-state index is 12.2. The molecule has 6 nitrogen and oxygen atoms in total. The number of aromatic nitrogens is 1. The molecule has 0 aliphatic rings. The minimum atomic E-state index is -3.29. The monoisotopic (exact) mass is 404 g/mol. The van der Waals surface area contributed by atoms with Gasteiger partial charge in [0, 0.05) is 6.26 Å². The molecule has 0 atom stereocenters. The highest BCUT2D eigenvalue weighted by atomic mass is 32.2. The van der Waals surface area contributed by atoms with Crippen LogP contribution < -0.4 is 10.1 Å². The summed E-state index contributed by atoms with van der Waals surface area (Å²) in [6.07, 6.45) is 1.16. The second-order valence-electron chi connectivity index (χ2n) is 6.41. The van der Waals surface area contributed by atoms with Crippen LogP contribution in [0.3, 0.4) is 0 Å². The Morgan fingerprint density at radius 3 is 2.56 bits per heavy atom. The average Bonchev–Trinajstić information content (AvgIpc) is 2.98. The molecule has 27 heavy (non-hydrogen) atoms. The van der Waals surface area contributed by atoms with Crippen LogP contribution in [0.15, 0.2) is 35.2 Å². The van der Waals surface area contributed by atoms with Crippen molar-refractivity contribution in [2.24, 2.45) is 0 Å². The van der Waals surface area contributed by atoms with Crippen molar-refractivity contribution in [3.63, 3.8) is 0 Å². The zero-order valence-corrected chi connectivity index (χ0v) is 17.1. The highest BCUT2D eigenvalue weighted by Crippen LogP contribution is 2.29. The van der Waals surface area contributed by atoms with Gasteiger partial charge in [0.05, 0.1) is 15.1 Å². The van der Waals surface area contributed by atoms with Gasteiger partial charge in [0.1, 0.15) is 5.75 Å². The molecule has 0 aliphatic heterocycles. The number of thiazole rings is 1. The van der Waals surface area contributed by atoms with E-state index in [1.54, 1.807) is 12.1 Å². The maximum absolute atomic E-state index is 12.2. The van der Waals surface area contributed by atoms with Crippen LogP contribution in [0.4, 0.5) is 5.13 Å². The lowest BCUT2D eigenvalue weighted by Gasteiger charge is -2.13. The zero-order valence-electron chi connectivity index (χ0n) is 15.5. The van der Waals surface area contributed by atoms with Crippen LogP contribution in [0.1, 0.15) is 16.7 Å². The number of rotatable bonds is 5. The standard InChI is InChI=1S/C19H20N2O4S2/c1-11-5-6-12(2)18(13(11)3)25-10-17(22)21-19-20-15-8-7-14(27(4,23)24)9-16(15)26-19/h5-9H,10H2,1-4H3,(H,20,21,22). The van der Waals surface area contributed by atoms with Crippen LogP contribution in [0.5, 0.6) is 5.75 Å². The van der Waals surface area contributed by atoms with Gasteiger partial charge in [-0.15, -0.1) is 0 Å². The Morgan fingerprint density at radius 2 is 1.85 bits per heavy atom. The van der Waals surface area contributed by atoms with Crippen molar-refractivity contribution in [1.82, 2.24) is 4.98 Å². The Bertz CT molecular complexity index is 1130. The number of hydrogen-bond acceptors (Lipinski definition) is 6. The summed E-state index contributed by atoms with van der Waals surface area (Å²) in [5.41, 5.74) is 3.72. The summed E-state index contributed by atoms with van der Waals surface area (Å²) >= 11 is 1.22. The number of nitrogens with one attached hydrogen (secondary N) is 1. The molecule has 2 aromatic carbocycles. The molecule has 0 radical (unpaired) electrons. The van der Waals surface area contributed by atoms with Gasteiger partial charge < -0.3 is 4.74 Å². The summed E-state index contributed by atoms with van der Waals surface area (Å²) in [7, 11) is -3.29. The summed E-state index contributed by atoms with van der Waals surface area (Å²) < 4.78 is 29.7. The minimum absolute atomic E-state index is 0.129. The van der Waals surface area contributed by atoms with E-state index in [2.05, 4.69) is 10.3 Å². The second-order valence-corrected chi connectivity index (χ2v) is 9.46. The van der Waals surface area contributed by atoms with Crippen molar-refractivity contribution in [1.29, 1.82) is 0 Å². The normalized spacial score (nSPS) is 11.6. The molecule has 1 amide bonds. The Labute approximate surface area is 162 Å². The molecular formula is C19H20N2O4S2. The number of carbonyl (C=O) groups is 1. The molecule has 0 saturated carbocycles. The lowest BCUT2D eigenvalue weighted by molar-refractivity contribution is -0.118. The third kappa shape index (κ3) is 4.28. The van der Waals surface area contributed by atoms with Crippen LogP contribution in [0.25, 0.3) is 10.2 Å². The van der Waals surface area contributed by atoms with E-state index in [-0.39, 0.29) is 17.4 Å². The van der Waals surface area contributed by atoms with E-state index in [9.17, 15) is 13.2 Å². The van der Waals surface area contributed by atoms with E-state index in [1.165, 1.54) is 17.4 Å². The quantitative estimate of drug-likeness (QED) is 0.702. The van der Waals surface area contributed by atoms with E-state index < -0.39 is 9.84 Å². The molecule has 0 fully saturated rings. The molecule has 8 heteroatoms. The smallest absolute Gasteiger partial charge is 0.264 e. The van der Waals surface area contributed by atoms with Gasteiger partial charge in [-0.05, 0) is 55.7 Å². The van der Waals surface area contributed by atoms with Gasteiger partial charge in [-0.3, -0.25) is 10.1 Å². The van der Waals surface area contributed by atoms with E-state index in [1.807, 2.05) is 32.9 Å². The van der Waals surface area contributed by atoms with Crippen LogP contribution in [-0.4, -0.2) is 32.2 Å². The molecule has 142 valence electrons. The second kappa shape index (κ2) is 7.28. The number of benzene rings is 2. The molecule has 0 unspecified atom stereocenters. The Kier molecular flexibility index (Phi) is 5.21. The molecule has 1 heterocycles. The van der Waals surface area contributed by atoms with Crippen LogP contribution in [-0.2, 0) is 14.6 Å². The number of nitrogens with zero attached hydrogens (tertiary/aromatic N) is 1. The van der Waals surface area contributed by atoms with Gasteiger partial charge in [-0.2, -0.15) is 0 Å². The van der Waals surface area contributed by atoms with Crippen LogP contribution >= 0.6 is 11.3 Å². The number of aryl methyl sites for hydroxylation is 2. The Hall–Kier alpha value is -2.45. The first-order valence-corrected chi connectivity index (χ1v) is 11.0. The highest BCUT2D eigenvalue weighted by Gasteiger charge is 2.13. The lowest BCUT2D eigenvalue weighted by Crippen LogP contribution is -2.20. The first kappa shape index (κ1) is 19.3. The third-order valence-corrected chi connectivity index (χ3v) is 6.30. The van der Waals surface area contributed by atoms with Crippen molar-refractivity contribution in [2.45, 2.75) is 25.7 Å². The van der Waals surface area contributed by atoms with Crippen LogP contribution in [0.2, 0.25) is 0 Å². The van der Waals surface area contributed by atoms with E-state index in [0.717, 1.165) is 22.9 Å². The fraction of sp³-hybridized carbons (Fsp3) is 0.263. The highest BCUT2D eigenvalue weighted by molar-refractivity contribution is 7.90. The topological polar surface area (TPSA) is 85.4 Å². The molecule has 3 rings (SSSR count). The maximum Gasteiger partial charge on any atom is 0.264 e. The molecule has 1 N–H and O–H groups in total. The third-order valence-electron chi connectivity index (χ3n) is 4.26. The molecule has 1 aromatic heterocycles. The largest absolute Gasteiger partial charge is 0.483 e. The predicted molar refractivity (Wildman–Crippen MR) is 108 cm³/mol. The van der Waals surface area contributed by atoms with Gasteiger partial charge >= 0.3 is 0 Å². The fourth-order valence-electron chi connectivity index (χ4n) is 2.63. The van der Waals surface area contributed by atoms with Gasteiger partial charge in [0.15, 0.2) is 21.6 Å². The zero-order chi connectivity index (χ0) is 19.8. The number of amides is 1. The molecular weight excluding hydrogens is 384 g/mol. The van der Waals surface area contributed by atoms with Gasteiger partial charge in [-0.25, -0.2) is 13.4 Å². The number of fused-ring (bicyclic) bond motifs is 1. The number of ether oxygens (including phenoxy) is 1. The van der Waals surface area contributed by atoms with Crippen LogP contribution in [0, 0.1) is 20.8 Å². The Balaban J connectivity index is 1.72. The van der Waals surface area contributed by atoms with Crippen molar-refractivity contribution in [3.8, 4) is 5.75 Å². The van der Waals surface area contributed by atoms with E-state index in [4.69, 9.17) is 4.74 Å². The SMILES string of the molecule is Cc1ccc(C)c(OCC(=O)Nc2nc3ccc(S(C)(=O)=O)cc3s2)c1C. The lowest BCUT2D eigenvalue weighted by atomic mass is 10.1. The summed E-state index contributed by atoms with van der Waals surface area (Å²) in [5, 5.41) is 3.11. The predicted octanol–water partition coefficient (Wildman–Crippen LogP) is 3.64. The molecule has 0 aliphatic carbocycles. The first-order valence-electron chi connectivity index (χ1n) is 8.25. The van der Waals surface area contributed by atoms with E-state index >= 15 is 0 Å². The van der Waals surface area contributed by atoms with Gasteiger partial charge in [0.25, 0.3) is 5.91 Å². The van der Waals surface area contributed by atoms with Crippen molar-refractivity contribution in [3.05, 3.63) is 47.0 Å². The molecule has 0 saturated heterocycles. The van der Waals surface area contributed by atoms with Gasteiger partial charge in [0.2, 0.25) is 0 Å². The summed E-state index contributed by atoms with van der Waals surface area (Å²) in [5.74, 6) is 0.393. The fourth-order valence-corrected chi connectivity index (χ4v) is 4.27. The number of carbonyl (C=O) groups excluding carboxylic acids is 1. The molecule has 3 aromatic rings. The summed E-state index contributed by atoms with van der Waals surface area (Å²) in [6, 6.07) is 8.68. The number of hydrogen-bond donors (Lipinski definition) is 1. The number of anilines is 1. The van der Waals surface area contributed by atoms with Crippen molar-refractivity contribution < 1.29 is 17.9 Å². The minimum Gasteiger partial charge on any atom is -0.483 e. The number of sulfone groups is 1. The average molecular weight is 405 g/mol. The van der Waals surface area contributed by atoms with Crippen molar-refractivity contribution >= 4 is 42.4 Å².